The number of piperazine rings is 1. The van der Waals surface area contributed by atoms with Crippen molar-refractivity contribution in [2.75, 3.05) is 26.2 Å². The van der Waals surface area contributed by atoms with Crippen LogP contribution in [0, 0.1) is 0 Å². The van der Waals surface area contributed by atoms with Gasteiger partial charge in [-0.3, -0.25) is 4.90 Å². The first-order valence-corrected chi connectivity index (χ1v) is 8.39. The van der Waals surface area contributed by atoms with Gasteiger partial charge in [0.25, 0.3) is 0 Å². The van der Waals surface area contributed by atoms with Crippen LogP contribution in [0.4, 0.5) is 8.78 Å². The summed E-state index contributed by atoms with van der Waals surface area (Å²) in [5.74, 6) is 0.249. The van der Waals surface area contributed by atoms with Gasteiger partial charge in [-0.2, -0.15) is 0 Å². The first-order chi connectivity index (χ1) is 11.1. The molecule has 1 saturated heterocycles. The molecule has 1 fully saturated rings. The van der Waals surface area contributed by atoms with E-state index in [1.807, 2.05) is 23.6 Å². The summed E-state index contributed by atoms with van der Waals surface area (Å²) in [5.41, 5.74) is 0.726. The summed E-state index contributed by atoms with van der Waals surface area (Å²) in [6.07, 6.45) is -3.60. The number of hydrogen-bond acceptors (Lipinski definition) is 5. The molecule has 25 heavy (non-hydrogen) atoms. The van der Waals surface area contributed by atoms with Crippen LogP contribution < -0.4 is 14.8 Å². The van der Waals surface area contributed by atoms with E-state index in [1.165, 1.54) is 6.07 Å². The topological polar surface area (TPSA) is 33.7 Å². The zero-order valence-electron chi connectivity index (χ0n) is 13.1. The van der Waals surface area contributed by atoms with Crippen molar-refractivity contribution in [2.45, 2.75) is 12.3 Å². The van der Waals surface area contributed by atoms with E-state index in [2.05, 4.69) is 15.0 Å². The molecule has 1 aromatic heterocycles. The second-order valence-electron chi connectivity index (χ2n) is 5.55. The Hall–Kier alpha value is -1.12. The van der Waals surface area contributed by atoms with Crippen molar-refractivity contribution >= 4 is 36.2 Å². The predicted octanol–water partition coefficient (Wildman–Crippen LogP) is 3.91. The number of alkyl halides is 2. The van der Waals surface area contributed by atoms with E-state index in [4.69, 9.17) is 4.74 Å². The van der Waals surface area contributed by atoms with E-state index in [9.17, 15) is 8.78 Å². The van der Waals surface area contributed by atoms with Gasteiger partial charge in [-0.1, -0.05) is 18.2 Å². The fraction of sp³-hybridized carbons (Fsp3) is 0.375. The lowest BCUT2D eigenvalue weighted by Crippen LogP contribution is -2.45. The number of benzene rings is 1. The maximum Gasteiger partial charge on any atom is 0.586 e. The molecule has 1 aromatic carbocycles. The molecule has 0 unspecified atom stereocenters. The lowest BCUT2D eigenvalue weighted by Gasteiger charge is -2.35. The number of nitrogens with one attached hydrogen (secondary N) is 1. The lowest BCUT2D eigenvalue weighted by molar-refractivity contribution is -0.287. The summed E-state index contributed by atoms with van der Waals surface area (Å²) < 4.78 is 36.4. The first-order valence-electron chi connectivity index (χ1n) is 7.51. The van der Waals surface area contributed by atoms with Gasteiger partial charge >= 0.3 is 6.29 Å². The quantitative estimate of drug-likeness (QED) is 0.831. The molecule has 2 aliphatic rings. The highest BCUT2D eigenvalue weighted by Crippen LogP contribution is 2.48. The van der Waals surface area contributed by atoms with E-state index in [1.54, 1.807) is 17.4 Å². The van der Waals surface area contributed by atoms with Crippen LogP contribution in [0.3, 0.4) is 0 Å². The van der Waals surface area contributed by atoms with Crippen LogP contribution in [-0.2, 0) is 0 Å². The maximum atomic E-state index is 13.5. The number of rotatable bonds is 3. The van der Waals surface area contributed by atoms with Crippen LogP contribution in [0.2, 0.25) is 0 Å². The zero-order valence-corrected chi connectivity index (χ0v) is 15.6. The van der Waals surface area contributed by atoms with Crippen LogP contribution in [0.5, 0.6) is 11.5 Å². The molecular formula is C16H18Cl2F2N2O2S. The van der Waals surface area contributed by atoms with E-state index in [0.29, 0.717) is 0 Å². The van der Waals surface area contributed by atoms with Gasteiger partial charge in [-0.25, -0.2) is 0 Å². The summed E-state index contributed by atoms with van der Waals surface area (Å²) >= 11 is 1.62. The number of ether oxygens (including phenoxy) is 2. The van der Waals surface area contributed by atoms with Crippen LogP contribution in [0.15, 0.2) is 35.7 Å². The maximum absolute atomic E-state index is 13.5. The Balaban J connectivity index is 0.00000113. The standard InChI is InChI=1S/C16H16F2N2O2S.2ClH/c17-16(18)21-12-4-1-3-11(15(12)22-16)14(13-5-2-10-23-13)20-8-6-19-7-9-20;;/h1-5,10,14,19H,6-9H2;2*1H/t14-;;/m0../s1. The van der Waals surface area contributed by atoms with Crippen molar-refractivity contribution in [1.82, 2.24) is 10.2 Å². The molecule has 1 N–H and O–H groups in total. The summed E-state index contributed by atoms with van der Waals surface area (Å²) in [6, 6.07) is 9.00. The molecule has 0 aliphatic carbocycles. The predicted molar refractivity (Wildman–Crippen MR) is 97.7 cm³/mol. The van der Waals surface area contributed by atoms with Gasteiger partial charge in [0.05, 0.1) is 6.04 Å². The Morgan fingerprint density at radius 2 is 1.84 bits per heavy atom. The molecule has 2 aromatic rings. The van der Waals surface area contributed by atoms with Crippen molar-refractivity contribution in [3.8, 4) is 11.5 Å². The Kier molecular flexibility index (Phi) is 6.51. The Labute approximate surface area is 160 Å². The first kappa shape index (κ1) is 20.2. The third-order valence-electron chi connectivity index (χ3n) is 4.08. The minimum atomic E-state index is -3.60. The summed E-state index contributed by atoms with van der Waals surface area (Å²) in [7, 11) is 0. The van der Waals surface area contributed by atoms with E-state index < -0.39 is 6.29 Å². The van der Waals surface area contributed by atoms with Crippen molar-refractivity contribution < 1.29 is 18.3 Å². The number of nitrogens with zero attached hydrogens (tertiary/aromatic N) is 1. The monoisotopic (exact) mass is 410 g/mol. The van der Waals surface area contributed by atoms with Crippen molar-refractivity contribution in [3.05, 3.63) is 46.2 Å². The Morgan fingerprint density at radius 1 is 1.08 bits per heavy atom. The molecular weight excluding hydrogens is 393 g/mol. The smallest absolute Gasteiger partial charge is 0.395 e. The minimum absolute atomic E-state index is 0. The van der Waals surface area contributed by atoms with Crippen LogP contribution in [0.25, 0.3) is 0 Å². The Bertz CT molecular complexity index is 697. The SMILES string of the molecule is Cl.Cl.FC1(F)Oc2cccc([C@@H](c3cccs3)N3CCNCC3)c2O1. The highest BCUT2D eigenvalue weighted by molar-refractivity contribution is 7.10. The normalized spacial score (nSPS) is 19.6. The summed E-state index contributed by atoms with van der Waals surface area (Å²) in [5, 5.41) is 5.32. The van der Waals surface area contributed by atoms with E-state index in [0.717, 1.165) is 36.6 Å². The van der Waals surface area contributed by atoms with Gasteiger partial charge in [0.2, 0.25) is 0 Å². The number of hydrogen-bond donors (Lipinski definition) is 1. The largest absolute Gasteiger partial charge is 0.586 e. The van der Waals surface area contributed by atoms with Gasteiger partial charge in [0, 0.05) is 36.6 Å². The van der Waals surface area contributed by atoms with Gasteiger partial charge in [-0.05, 0) is 17.5 Å². The minimum Gasteiger partial charge on any atom is -0.395 e. The Morgan fingerprint density at radius 3 is 2.52 bits per heavy atom. The number of thiophene rings is 1. The molecule has 3 heterocycles. The molecule has 4 nitrogen and oxygen atoms in total. The van der Waals surface area contributed by atoms with Crippen LogP contribution >= 0.6 is 36.2 Å². The van der Waals surface area contributed by atoms with E-state index >= 15 is 0 Å². The fourth-order valence-corrected chi connectivity index (χ4v) is 4.00. The fourth-order valence-electron chi connectivity index (χ4n) is 3.12. The molecule has 0 radical (unpaired) electrons. The molecule has 138 valence electrons. The second kappa shape index (κ2) is 8.05. The molecule has 9 heteroatoms. The van der Waals surface area contributed by atoms with Crippen molar-refractivity contribution in [3.63, 3.8) is 0 Å². The van der Waals surface area contributed by atoms with Crippen molar-refractivity contribution in [2.24, 2.45) is 0 Å². The number of fused-ring (bicyclic) bond motifs is 1. The molecule has 0 bridgehead atoms. The average molecular weight is 411 g/mol. The molecule has 0 saturated carbocycles. The van der Waals surface area contributed by atoms with Gasteiger partial charge < -0.3 is 14.8 Å². The van der Waals surface area contributed by atoms with Gasteiger partial charge in [0.15, 0.2) is 11.5 Å². The summed E-state index contributed by atoms with van der Waals surface area (Å²) in [6.45, 7) is 3.46. The van der Waals surface area contributed by atoms with Crippen LogP contribution in [-0.4, -0.2) is 37.4 Å². The average Bonchev–Trinajstić information content (AvgIpc) is 3.15. The number of halogens is 4. The molecule has 0 spiro atoms. The zero-order chi connectivity index (χ0) is 15.9. The summed E-state index contributed by atoms with van der Waals surface area (Å²) in [4.78, 5) is 3.40. The van der Waals surface area contributed by atoms with E-state index in [-0.39, 0.29) is 42.4 Å². The molecule has 0 amide bonds. The highest BCUT2D eigenvalue weighted by Gasteiger charge is 2.45. The highest BCUT2D eigenvalue weighted by atomic mass is 35.5. The third kappa shape index (κ3) is 4.01. The van der Waals surface area contributed by atoms with Gasteiger partial charge in [-0.15, -0.1) is 44.9 Å². The second-order valence-corrected chi connectivity index (χ2v) is 6.53. The molecule has 1 atom stereocenters. The number of para-hydroxylation sites is 1. The van der Waals surface area contributed by atoms with Crippen molar-refractivity contribution in [1.29, 1.82) is 0 Å². The van der Waals surface area contributed by atoms with Gasteiger partial charge in [0.1, 0.15) is 0 Å². The third-order valence-corrected chi connectivity index (χ3v) is 5.01. The lowest BCUT2D eigenvalue weighted by atomic mass is 10.0. The molecule has 4 rings (SSSR count). The van der Waals surface area contributed by atoms with Crippen LogP contribution in [0.1, 0.15) is 16.5 Å². The molecule has 2 aliphatic heterocycles.